The third kappa shape index (κ3) is 4.62. The van der Waals surface area contributed by atoms with Crippen LogP contribution in [0.4, 0.5) is 4.39 Å². The molecule has 0 unspecified atom stereocenters. The van der Waals surface area contributed by atoms with Gasteiger partial charge in [-0.25, -0.2) is 14.2 Å². The van der Waals surface area contributed by atoms with Crippen molar-refractivity contribution in [3.05, 3.63) is 65.4 Å². The van der Waals surface area contributed by atoms with Crippen LogP contribution in [0.25, 0.3) is 10.6 Å². The van der Waals surface area contributed by atoms with Crippen LogP contribution in [0.15, 0.2) is 58.8 Å². The monoisotopic (exact) mass is 389 g/mol. The molecular weight excluding hydrogens is 373 g/mol. The predicted octanol–water partition coefficient (Wildman–Crippen LogP) is 4.91. The molecule has 0 fully saturated rings. The number of methoxy groups -OCH3 is 1. The van der Waals surface area contributed by atoms with Gasteiger partial charge in [0.2, 0.25) is 0 Å². The zero-order chi connectivity index (χ0) is 18.4. The summed E-state index contributed by atoms with van der Waals surface area (Å²) < 4.78 is 23.9. The summed E-state index contributed by atoms with van der Waals surface area (Å²) in [5.41, 5.74) is 1.18. The molecule has 0 aliphatic carbocycles. The second kappa shape index (κ2) is 8.82. The summed E-state index contributed by atoms with van der Waals surface area (Å²) in [5.74, 6) is 0.488. The molecule has 0 amide bonds. The number of thioether (sulfide) groups is 1. The minimum atomic E-state index is -0.477. The molecule has 0 aliphatic rings. The van der Waals surface area contributed by atoms with Crippen molar-refractivity contribution in [2.45, 2.75) is 4.90 Å². The molecule has 0 aliphatic heterocycles. The molecule has 4 nitrogen and oxygen atoms in total. The van der Waals surface area contributed by atoms with Crippen molar-refractivity contribution in [2.24, 2.45) is 0 Å². The van der Waals surface area contributed by atoms with Crippen molar-refractivity contribution in [1.82, 2.24) is 4.98 Å². The van der Waals surface area contributed by atoms with Crippen molar-refractivity contribution in [3.63, 3.8) is 0 Å². The average molecular weight is 389 g/mol. The fourth-order valence-corrected chi connectivity index (χ4v) is 3.72. The summed E-state index contributed by atoms with van der Waals surface area (Å²) in [6.45, 7) is 0.188. The van der Waals surface area contributed by atoms with Gasteiger partial charge < -0.3 is 9.47 Å². The van der Waals surface area contributed by atoms with Crippen LogP contribution < -0.4 is 4.74 Å². The molecular formula is C19H16FNO3S2. The topological polar surface area (TPSA) is 48.4 Å². The van der Waals surface area contributed by atoms with Gasteiger partial charge in [-0.05, 0) is 36.4 Å². The highest BCUT2D eigenvalue weighted by atomic mass is 32.2. The highest BCUT2D eigenvalue weighted by Gasteiger charge is 2.13. The SMILES string of the molecule is COc1ccc(-c2nc(C(=O)OCCSc3ccccc3F)cs2)cc1. The van der Waals surface area contributed by atoms with E-state index in [0.29, 0.717) is 10.6 Å². The molecule has 0 saturated heterocycles. The van der Waals surface area contributed by atoms with Gasteiger partial charge in [-0.3, -0.25) is 0 Å². The first-order valence-electron chi connectivity index (χ1n) is 7.82. The molecule has 0 spiro atoms. The van der Waals surface area contributed by atoms with E-state index in [0.717, 1.165) is 16.3 Å². The number of rotatable bonds is 7. The number of hydrogen-bond acceptors (Lipinski definition) is 6. The summed E-state index contributed by atoms with van der Waals surface area (Å²) >= 11 is 2.68. The van der Waals surface area contributed by atoms with Crippen LogP contribution in [0.3, 0.4) is 0 Å². The summed E-state index contributed by atoms with van der Waals surface area (Å²) in [5, 5.41) is 2.41. The maximum atomic E-state index is 13.5. The Labute approximate surface area is 159 Å². The van der Waals surface area contributed by atoms with E-state index in [-0.39, 0.29) is 18.1 Å². The van der Waals surface area contributed by atoms with Crippen LogP contribution in [-0.4, -0.2) is 30.4 Å². The summed E-state index contributed by atoms with van der Waals surface area (Å²) in [7, 11) is 1.61. The fraction of sp³-hybridized carbons (Fsp3) is 0.158. The van der Waals surface area contributed by atoms with Gasteiger partial charge in [0.25, 0.3) is 0 Å². The van der Waals surface area contributed by atoms with E-state index in [9.17, 15) is 9.18 Å². The van der Waals surface area contributed by atoms with Gasteiger partial charge in [-0.15, -0.1) is 23.1 Å². The van der Waals surface area contributed by atoms with Crippen LogP contribution in [0.5, 0.6) is 5.75 Å². The van der Waals surface area contributed by atoms with Gasteiger partial charge >= 0.3 is 5.97 Å². The fourth-order valence-electron chi connectivity index (χ4n) is 2.16. The lowest BCUT2D eigenvalue weighted by molar-refractivity contribution is 0.0524. The van der Waals surface area contributed by atoms with Crippen LogP contribution in [0, 0.1) is 5.82 Å². The Hall–Kier alpha value is -2.38. The number of ether oxygens (including phenoxy) is 2. The molecule has 7 heteroatoms. The normalized spacial score (nSPS) is 10.5. The molecule has 3 rings (SSSR count). The minimum Gasteiger partial charge on any atom is -0.497 e. The first-order valence-corrected chi connectivity index (χ1v) is 9.68. The number of nitrogens with zero attached hydrogens (tertiary/aromatic N) is 1. The lowest BCUT2D eigenvalue weighted by Gasteiger charge is -2.04. The third-order valence-electron chi connectivity index (χ3n) is 3.46. The summed E-state index contributed by atoms with van der Waals surface area (Å²) in [6, 6.07) is 14.0. The maximum Gasteiger partial charge on any atom is 0.357 e. The first-order chi connectivity index (χ1) is 12.7. The zero-order valence-electron chi connectivity index (χ0n) is 14.0. The number of esters is 1. The van der Waals surface area contributed by atoms with E-state index in [1.54, 1.807) is 30.7 Å². The van der Waals surface area contributed by atoms with Gasteiger partial charge in [-0.1, -0.05) is 12.1 Å². The Morgan fingerprint density at radius 2 is 1.96 bits per heavy atom. The smallest absolute Gasteiger partial charge is 0.357 e. The van der Waals surface area contributed by atoms with E-state index in [1.165, 1.54) is 29.2 Å². The quantitative estimate of drug-likeness (QED) is 0.327. The van der Waals surface area contributed by atoms with E-state index >= 15 is 0 Å². The largest absolute Gasteiger partial charge is 0.497 e. The van der Waals surface area contributed by atoms with E-state index in [1.807, 2.05) is 24.3 Å². The van der Waals surface area contributed by atoms with Crippen LogP contribution in [-0.2, 0) is 4.74 Å². The number of carbonyl (C=O) groups excluding carboxylic acids is 1. The standard InChI is InChI=1S/C19H16FNO3S2/c1-23-14-8-6-13(7-9-14)18-21-16(12-26-18)19(22)24-10-11-25-17-5-3-2-4-15(17)20/h2-9,12H,10-11H2,1H3. The molecule has 1 aromatic heterocycles. The Balaban J connectivity index is 1.52. The predicted molar refractivity (Wildman–Crippen MR) is 102 cm³/mol. The highest BCUT2D eigenvalue weighted by Crippen LogP contribution is 2.26. The highest BCUT2D eigenvalue weighted by molar-refractivity contribution is 7.99. The maximum absolute atomic E-state index is 13.5. The molecule has 134 valence electrons. The Morgan fingerprint density at radius 3 is 2.69 bits per heavy atom. The number of thiazole rings is 1. The number of carbonyl (C=O) groups is 1. The molecule has 0 bridgehead atoms. The van der Waals surface area contributed by atoms with Crippen molar-refractivity contribution in [2.75, 3.05) is 19.5 Å². The Morgan fingerprint density at radius 1 is 1.19 bits per heavy atom. The Bertz CT molecular complexity index is 881. The van der Waals surface area contributed by atoms with Crippen molar-refractivity contribution >= 4 is 29.1 Å². The molecule has 0 atom stereocenters. The second-order valence-electron chi connectivity index (χ2n) is 5.18. The van der Waals surface area contributed by atoms with Gasteiger partial charge in [0.15, 0.2) is 5.69 Å². The van der Waals surface area contributed by atoms with Gasteiger partial charge in [-0.2, -0.15) is 0 Å². The average Bonchev–Trinajstić information content (AvgIpc) is 3.17. The van der Waals surface area contributed by atoms with E-state index in [4.69, 9.17) is 9.47 Å². The number of halogens is 1. The van der Waals surface area contributed by atoms with Crippen molar-refractivity contribution in [3.8, 4) is 16.3 Å². The van der Waals surface area contributed by atoms with Crippen molar-refractivity contribution < 1.29 is 18.7 Å². The first kappa shape index (κ1) is 18.4. The van der Waals surface area contributed by atoms with Gasteiger partial charge in [0.1, 0.15) is 23.2 Å². The molecule has 0 saturated carbocycles. The molecule has 2 aromatic carbocycles. The minimum absolute atomic E-state index is 0.188. The summed E-state index contributed by atoms with van der Waals surface area (Å²) in [6.07, 6.45) is 0. The number of hydrogen-bond donors (Lipinski definition) is 0. The lowest BCUT2D eigenvalue weighted by atomic mass is 10.2. The van der Waals surface area contributed by atoms with Crippen LogP contribution in [0.1, 0.15) is 10.5 Å². The second-order valence-corrected chi connectivity index (χ2v) is 7.18. The third-order valence-corrected chi connectivity index (χ3v) is 5.37. The molecule has 0 N–H and O–H groups in total. The van der Waals surface area contributed by atoms with E-state index in [2.05, 4.69) is 4.98 Å². The number of aromatic nitrogens is 1. The number of benzene rings is 2. The zero-order valence-corrected chi connectivity index (χ0v) is 15.6. The van der Waals surface area contributed by atoms with Crippen LogP contribution >= 0.6 is 23.1 Å². The lowest BCUT2D eigenvalue weighted by Crippen LogP contribution is -2.08. The Kier molecular flexibility index (Phi) is 6.25. The van der Waals surface area contributed by atoms with Gasteiger partial charge in [0.05, 0.1) is 7.11 Å². The van der Waals surface area contributed by atoms with Crippen molar-refractivity contribution in [1.29, 1.82) is 0 Å². The molecule has 0 radical (unpaired) electrons. The van der Waals surface area contributed by atoms with E-state index < -0.39 is 5.97 Å². The molecule has 26 heavy (non-hydrogen) atoms. The summed E-state index contributed by atoms with van der Waals surface area (Å²) in [4.78, 5) is 17.0. The molecule has 1 heterocycles. The van der Waals surface area contributed by atoms with Crippen LogP contribution in [0.2, 0.25) is 0 Å². The molecule has 3 aromatic rings. The van der Waals surface area contributed by atoms with Gasteiger partial charge in [0, 0.05) is 21.6 Å².